The van der Waals surface area contributed by atoms with Gasteiger partial charge in [-0.1, -0.05) is 194 Å². The molecule has 1 aliphatic carbocycles. The Labute approximate surface area is 330 Å². The van der Waals surface area contributed by atoms with Crippen molar-refractivity contribution in [3.8, 4) is 67.3 Å². The van der Waals surface area contributed by atoms with E-state index in [9.17, 15) is 0 Å². The van der Waals surface area contributed by atoms with Gasteiger partial charge in [-0.2, -0.15) is 0 Å². The third-order valence-corrected chi connectivity index (χ3v) is 12.4. The second kappa shape index (κ2) is 13.2. The SMILES string of the molecule is c1ccc(-c2nnc(-c3cccc(-c4ccccc4-c4cccc5c4C4(c6ccccc6Sc6ccccc64)c4ccccc4-5)c3)c(-c3ccccc3)n2)cc1. The van der Waals surface area contributed by atoms with Crippen LogP contribution in [0.25, 0.3) is 67.3 Å². The Bertz CT molecular complexity index is 2910. The van der Waals surface area contributed by atoms with Crippen molar-refractivity contribution in [2.75, 3.05) is 0 Å². The van der Waals surface area contributed by atoms with E-state index in [-0.39, 0.29) is 0 Å². The van der Waals surface area contributed by atoms with E-state index in [4.69, 9.17) is 10.1 Å². The molecule has 0 fully saturated rings. The molecule has 8 aromatic carbocycles. The number of hydrogen-bond acceptors (Lipinski definition) is 4. The molecule has 0 bridgehead atoms. The van der Waals surface area contributed by atoms with Crippen molar-refractivity contribution < 1.29 is 0 Å². The average molecular weight is 732 g/mol. The van der Waals surface area contributed by atoms with Gasteiger partial charge in [-0.05, 0) is 73.8 Å². The van der Waals surface area contributed by atoms with E-state index in [1.165, 1.54) is 54.3 Å². The second-order valence-corrected chi connectivity index (χ2v) is 15.4. The summed E-state index contributed by atoms with van der Waals surface area (Å²) < 4.78 is 0. The third kappa shape index (κ3) is 4.96. The number of rotatable bonds is 5. The van der Waals surface area contributed by atoms with Gasteiger partial charge in [-0.3, -0.25) is 0 Å². The van der Waals surface area contributed by atoms with Crippen LogP contribution in [0.3, 0.4) is 0 Å². The molecule has 262 valence electrons. The van der Waals surface area contributed by atoms with E-state index in [1.807, 2.05) is 60.3 Å². The molecule has 1 aliphatic heterocycles. The molecule has 1 spiro atoms. The van der Waals surface area contributed by atoms with Crippen LogP contribution in [0.4, 0.5) is 0 Å². The predicted molar refractivity (Wildman–Crippen MR) is 228 cm³/mol. The Morgan fingerprint density at radius 2 is 0.839 bits per heavy atom. The first kappa shape index (κ1) is 32.5. The fraction of sp³-hybridized carbons (Fsp3) is 0.0192. The van der Waals surface area contributed by atoms with Crippen molar-refractivity contribution in [3.05, 3.63) is 222 Å². The monoisotopic (exact) mass is 731 g/mol. The third-order valence-electron chi connectivity index (χ3n) is 11.3. The lowest BCUT2D eigenvalue weighted by Gasteiger charge is -2.40. The van der Waals surface area contributed by atoms with Crippen molar-refractivity contribution in [2.45, 2.75) is 15.2 Å². The Morgan fingerprint density at radius 1 is 0.339 bits per heavy atom. The molecular weight excluding hydrogens is 699 g/mol. The van der Waals surface area contributed by atoms with E-state index in [1.54, 1.807) is 0 Å². The lowest BCUT2D eigenvalue weighted by atomic mass is 9.65. The molecule has 0 unspecified atom stereocenters. The highest BCUT2D eigenvalue weighted by Gasteiger charge is 2.51. The number of benzene rings is 8. The van der Waals surface area contributed by atoms with Gasteiger partial charge in [0.1, 0.15) is 11.4 Å². The quantitative estimate of drug-likeness (QED) is 0.177. The summed E-state index contributed by atoms with van der Waals surface area (Å²) in [7, 11) is 0. The highest BCUT2D eigenvalue weighted by atomic mass is 32.2. The van der Waals surface area contributed by atoms with E-state index < -0.39 is 5.41 Å². The normalized spacial score (nSPS) is 13.1. The number of fused-ring (bicyclic) bond motifs is 9. The molecular formula is C52H33N3S. The number of nitrogens with zero attached hydrogens (tertiary/aromatic N) is 3. The summed E-state index contributed by atoms with van der Waals surface area (Å²) in [5.74, 6) is 0.604. The van der Waals surface area contributed by atoms with Crippen LogP contribution in [0.5, 0.6) is 0 Å². The first-order valence-corrected chi connectivity index (χ1v) is 19.8. The van der Waals surface area contributed by atoms with Crippen LogP contribution in [-0.4, -0.2) is 15.2 Å². The summed E-state index contributed by atoms with van der Waals surface area (Å²) in [5, 5.41) is 9.53. The van der Waals surface area contributed by atoms with Crippen molar-refractivity contribution >= 4 is 11.8 Å². The van der Waals surface area contributed by atoms with Crippen LogP contribution in [0, 0.1) is 0 Å². The zero-order valence-corrected chi connectivity index (χ0v) is 31.1. The van der Waals surface area contributed by atoms with Gasteiger partial charge in [-0.25, -0.2) is 4.98 Å². The fourth-order valence-electron chi connectivity index (χ4n) is 8.97. The molecule has 56 heavy (non-hydrogen) atoms. The maximum Gasteiger partial charge on any atom is 0.182 e. The molecule has 2 aliphatic rings. The summed E-state index contributed by atoms with van der Waals surface area (Å²) in [6.07, 6.45) is 0. The van der Waals surface area contributed by atoms with Gasteiger partial charge >= 0.3 is 0 Å². The van der Waals surface area contributed by atoms with Gasteiger partial charge in [0.05, 0.1) is 5.41 Å². The van der Waals surface area contributed by atoms with Gasteiger partial charge in [-0.15, -0.1) is 10.2 Å². The van der Waals surface area contributed by atoms with Crippen molar-refractivity contribution in [2.24, 2.45) is 0 Å². The van der Waals surface area contributed by atoms with Crippen LogP contribution in [0.1, 0.15) is 22.3 Å². The Morgan fingerprint density at radius 3 is 1.55 bits per heavy atom. The van der Waals surface area contributed by atoms with Gasteiger partial charge < -0.3 is 0 Å². The Balaban J connectivity index is 1.12. The molecule has 0 N–H and O–H groups in total. The Hall–Kier alpha value is -6.88. The molecule has 11 rings (SSSR count). The minimum Gasteiger partial charge on any atom is -0.224 e. The zero-order chi connectivity index (χ0) is 37.1. The minimum atomic E-state index is -0.484. The summed E-state index contributed by atoms with van der Waals surface area (Å²) in [4.78, 5) is 7.72. The number of hydrogen-bond donors (Lipinski definition) is 0. The Kier molecular flexibility index (Phi) is 7.64. The molecule has 1 aromatic heterocycles. The topological polar surface area (TPSA) is 38.7 Å². The smallest absolute Gasteiger partial charge is 0.182 e. The lowest BCUT2D eigenvalue weighted by molar-refractivity contribution is 0.724. The molecule has 0 radical (unpaired) electrons. The van der Waals surface area contributed by atoms with E-state index >= 15 is 0 Å². The van der Waals surface area contributed by atoms with Gasteiger partial charge in [0.2, 0.25) is 0 Å². The van der Waals surface area contributed by atoms with Crippen LogP contribution in [0.2, 0.25) is 0 Å². The molecule has 0 saturated heterocycles. The first-order valence-electron chi connectivity index (χ1n) is 18.9. The van der Waals surface area contributed by atoms with E-state index in [0.29, 0.717) is 5.82 Å². The largest absolute Gasteiger partial charge is 0.224 e. The van der Waals surface area contributed by atoms with E-state index in [0.717, 1.165) is 39.2 Å². The highest BCUT2D eigenvalue weighted by molar-refractivity contribution is 7.99. The second-order valence-electron chi connectivity index (χ2n) is 14.3. The molecule has 0 amide bonds. The summed E-state index contributed by atoms with van der Waals surface area (Å²) in [6, 6.07) is 71.8. The average Bonchev–Trinajstić information content (AvgIpc) is 3.58. The van der Waals surface area contributed by atoms with Crippen molar-refractivity contribution in [1.29, 1.82) is 0 Å². The standard InChI is InChI=1S/C52H33N3S/c1-3-17-34(18-4-1)49-50(54-55-51(53-49)35-19-5-2-6-20-35)37-22-15-21-36(33-37)38-23-7-8-24-39(38)41-26-16-27-42-40-25-9-10-28-43(40)52(48(41)42)44-29-11-13-31-46(44)56-47-32-14-12-30-45(47)52/h1-33H. The molecule has 0 saturated carbocycles. The summed E-state index contributed by atoms with van der Waals surface area (Å²) >= 11 is 1.88. The van der Waals surface area contributed by atoms with Crippen molar-refractivity contribution in [1.82, 2.24) is 15.2 Å². The van der Waals surface area contributed by atoms with Crippen molar-refractivity contribution in [3.63, 3.8) is 0 Å². The van der Waals surface area contributed by atoms with Gasteiger partial charge in [0.25, 0.3) is 0 Å². The van der Waals surface area contributed by atoms with Gasteiger partial charge in [0, 0.05) is 26.5 Å². The predicted octanol–water partition coefficient (Wildman–Crippen LogP) is 13.0. The molecule has 3 nitrogen and oxygen atoms in total. The lowest BCUT2D eigenvalue weighted by Crippen LogP contribution is -2.32. The fourth-order valence-corrected chi connectivity index (χ4v) is 10.2. The van der Waals surface area contributed by atoms with Crippen LogP contribution < -0.4 is 0 Å². The van der Waals surface area contributed by atoms with Gasteiger partial charge in [0.15, 0.2) is 5.82 Å². The van der Waals surface area contributed by atoms with Crippen LogP contribution in [0.15, 0.2) is 210 Å². The minimum absolute atomic E-state index is 0.484. The molecule has 9 aromatic rings. The number of aromatic nitrogens is 3. The molecule has 2 heterocycles. The zero-order valence-electron chi connectivity index (χ0n) is 30.3. The molecule has 4 heteroatoms. The highest BCUT2D eigenvalue weighted by Crippen LogP contribution is 2.64. The maximum atomic E-state index is 5.13. The van der Waals surface area contributed by atoms with Crippen LogP contribution >= 0.6 is 11.8 Å². The first-order chi connectivity index (χ1) is 27.8. The van der Waals surface area contributed by atoms with Crippen LogP contribution in [-0.2, 0) is 5.41 Å². The molecule has 0 atom stereocenters. The maximum absolute atomic E-state index is 5.13. The summed E-state index contributed by atoms with van der Waals surface area (Å²) in [5.41, 5.74) is 16.6. The van der Waals surface area contributed by atoms with E-state index in [2.05, 4.69) is 157 Å². The summed E-state index contributed by atoms with van der Waals surface area (Å²) in [6.45, 7) is 0.